The Labute approximate surface area is 128 Å². The van der Waals surface area contributed by atoms with Crippen LogP contribution in [0.25, 0.3) is 0 Å². The van der Waals surface area contributed by atoms with Gasteiger partial charge in [0.1, 0.15) is 24.9 Å². The summed E-state index contributed by atoms with van der Waals surface area (Å²) in [6.07, 6.45) is -1.17. The first kappa shape index (κ1) is 18.1. The van der Waals surface area contributed by atoms with E-state index >= 15 is 0 Å². The average Bonchev–Trinajstić information content (AvgIpc) is 2.51. The first-order valence-electron chi connectivity index (χ1n) is 6.94. The van der Waals surface area contributed by atoms with Crippen LogP contribution in [0.2, 0.25) is 0 Å². The summed E-state index contributed by atoms with van der Waals surface area (Å²) in [5.74, 6) is -0.970. The number of ether oxygens (including phenoxy) is 1. The molecule has 0 fully saturated rings. The lowest BCUT2D eigenvalue weighted by atomic mass is 10.1. The second kappa shape index (κ2) is 9.14. The van der Waals surface area contributed by atoms with Crippen LogP contribution < -0.4 is 10.1 Å². The van der Waals surface area contributed by atoms with Crippen LogP contribution in [0.15, 0.2) is 24.3 Å². The van der Waals surface area contributed by atoms with Gasteiger partial charge in [-0.3, -0.25) is 4.79 Å². The summed E-state index contributed by atoms with van der Waals surface area (Å²) in [6, 6.07) is 6.42. The Morgan fingerprint density at radius 3 is 2.41 bits per heavy atom. The molecule has 0 bridgehead atoms. The van der Waals surface area contributed by atoms with E-state index in [1.807, 2.05) is 13.8 Å². The maximum atomic E-state index is 11.6. The van der Waals surface area contributed by atoms with Gasteiger partial charge in [0.15, 0.2) is 5.78 Å². The number of carbonyl (C=O) groups is 2. The zero-order chi connectivity index (χ0) is 16.5. The topological polar surface area (TPSA) is 105 Å². The van der Waals surface area contributed by atoms with Gasteiger partial charge in [0.25, 0.3) is 0 Å². The Balaban J connectivity index is 2.44. The lowest BCUT2D eigenvalue weighted by Crippen LogP contribution is -2.35. The van der Waals surface area contributed by atoms with Gasteiger partial charge in [-0.25, -0.2) is 4.79 Å². The van der Waals surface area contributed by atoms with Crippen molar-refractivity contribution in [2.24, 2.45) is 0 Å². The van der Waals surface area contributed by atoms with Crippen LogP contribution in [0.5, 0.6) is 5.75 Å². The lowest BCUT2D eigenvalue weighted by molar-refractivity contribution is -0.233. The summed E-state index contributed by atoms with van der Waals surface area (Å²) in [7, 11) is 0. The molecule has 0 aliphatic carbocycles. The molecule has 1 unspecified atom stereocenters. The molecule has 7 heteroatoms. The molecular formula is C15H21NO6. The van der Waals surface area contributed by atoms with E-state index in [-0.39, 0.29) is 12.6 Å². The number of carbonyl (C=O) groups excluding carboxylic acids is 2. The van der Waals surface area contributed by atoms with E-state index in [0.29, 0.717) is 17.9 Å². The Hall–Kier alpha value is -1.96. The number of hydrogen-bond acceptors (Lipinski definition) is 7. The molecule has 22 heavy (non-hydrogen) atoms. The van der Waals surface area contributed by atoms with Crippen molar-refractivity contribution in [2.75, 3.05) is 13.2 Å². The maximum Gasteiger partial charge on any atom is 0.349 e. The molecule has 1 aromatic carbocycles. The molecule has 0 spiro atoms. The van der Waals surface area contributed by atoms with E-state index in [1.165, 1.54) is 12.1 Å². The normalized spacial score (nSPS) is 12.0. The Bertz CT molecular complexity index is 485. The number of Topliss-reactive ketones (excluding diaryl/α,β-unsaturated/α-hetero) is 1. The molecule has 7 nitrogen and oxygen atoms in total. The van der Waals surface area contributed by atoms with Crippen LogP contribution in [0.3, 0.4) is 0 Å². The molecule has 0 amide bonds. The third kappa shape index (κ3) is 6.66. The highest BCUT2D eigenvalue weighted by atomic mass is 17.1. The van der Waals surface area contributed by atoms with Gasteiger partial charge in [-0.05, 0) is 24.3 Å². The number of rotatable bonds is 9. The molecule has 122 valence electrons. The van der Waals surface area contributed by atoms with Crippen LogP contribution in [-0.4, -0.2) is 47.4 Å². The molecule has 1 atom stereocenters. The number of aliphatic hydroxyl groups excluding tert-OH is 1. The van der Waals surface area contributed by atoms with Gasteiger partial charge in [-0.15, -0.1) is 0 Å². The van der Waals surface area contributed by atoms with Crippen molar-refractivity contribution in [1.82, 2.24) is 5.32 Å². The van der Waals surface area contributed by atoms with E-state index in [1.54, 1.807) is 12.1 Å². The van der Waals surface area contributed by atoms with Crippen LogP contribution in [0.1, 0.15) is 30.6 Å². The van der Waals surface area contributed by atoms with Gasteiger partial charge in [0.2, 0.25) is 0 Å². The summed E-state index contributed by atoms with van der Waals surface area (Å²) in [5, 5.41) is 20.9. The fraction of sp³-hybridized carbons (Fsp3) is 0.467. The number of nitrogens with one attached hydrogen (secondary N) is 1. The smallest absolute Gasteiger partial charge is 0.349 e. The predicted octanol–water partition coefficient (Wildman–Crippen LogP) is 1.01. The van der Waals surface area contributed by atoms with Gasteiger partial charge in [0, 0.05) is 18.2 Å². The predicted molar refractivity (Wildman–Crippen MR) is 78.8 cm³/mol. The van der Waals surface area contributed by atoms with Gasteiger partial charge in [0.05, 0.1) is 0 Å². The van der Waals surface area contributed by atoms with Gasteiger partial charge >= 0.3 is 5.97 Å². The Morgan fingerprint density at radius 2 is 1.86 bits per heavy atom. The van der Waals surface area contributed by atoms with Crippen molar-refractivity contribution < 1.29 is 29.6 Å². The SMILES string of the molecule is CC(C)NCC(O)COc1ccc(C(=O)CC(=O)OO)cc1. The van der Waals surface area contributed by atoms with Crippen LogP contribution in [-0.2, 0) is 9.68 Å². The quantitative estimate of drug-likeness (QED) is 0.270. The molecular weight excluding hydrogens is 290 g/mol. The van der Waals surface area contributed by atoms with E-state index in [4.69, 9.17) is 9.99 Å². The molecule has 0 aliphatic rings. The van der Waals surface area contributed by atoms with Crippen molar-refractivity contribution in [3.05, 3.63) is 29.8 Å². The number of benzene rings is 1. The monoisotopic (exact) mass is 311 g/mol. The fourth-order valence-electron chi connectivity index (χ4n) is 1.63. The fourth-order valence-corrected chi connectivity index (χ4v) is 1.63. The Kier molecular flexibility index (Phi) is 7.51. The Morgan fingerprint density at radius 1 is 1.23 bits per heavy atom. The third-order valence-corrected chi connectivity index (χ3v) is 2.79. The van der Waals surface area contributed by atoms with E-state index in [0.717, 1.165) is 0 Å². The average molecular weight is 311 g/mol. The number of ketones is 1. The van der Waals surface area contributed by atoms with Crippen molar-refractivity contribution >= 4 is 11.8 Å². The lowest BCUT2D eigenvalue weighted by Gasteiger charge is -2.15. The van der Waals surface area contributed by atoms with Crippen molar-refractivity contribution in [3.8, 4) is 5.75 Å². The molecule has 0 radical (unpaired) electrons. The molecule has 1 aromatic rings. The maximum absolute atomic E-state index is 11.6. The summed E-state index contributed by atoms with van der Waals surface area (Å²) in [4.78, 5) is 25.9. The highest BCUT2D eigenvalue weighted by Crippen LogP contribution is 2.14. The van der Waals surface area contributed by atoms with Crippen molar-refractivity contribution in [3.63, 3.8) is 0 Å². The molecule has 0 aliphatic heterocycles. The van der Waals surface area contributed by atoms with Crippen LogP contribution in [0, 0.1) is 0 Å². The third-order valence-electron chi connectivity index (χ3n) is 2.79. The summed E-state index contributed by atoms with van der Waals surface area (Å²) >= 11 is 0. The molecule has 0 saturated heterocycles. The molecule has 0 heterocycles. The first-order valence-corrected chi connectivity index (χ1v) is 6.94. The second-order valence-corrected chi connectivity index (χ2v) is 5.12. The van der Waals surface area contributed by atoms with E-state index < -0.39 is 24.3 Å². The highest BCUT2D eigenvalue weighted by molar-refractivity contribution is 6.05. The second-order valence-electron chi connectivity index (χ2n) is 5.12. The minimum atomic E-state index is -1.01. The van der Waals surface area contributed by atoms with Gasteiger partial charge < -0.3 is 20.0 Å². The summed E-state index contributed by atoms with van der Waals surface area (Å²) in [6.45, 7) is 4.52. The molecule has 3 N–H and O–H groups in total. The molecule has 0 saturated carbocycles. The molecule has 1 rings (SSSR count). The van der Waals surface area contributed by atoms with Gasteiger partial charge in [-0.2, -0.15) is 5.26 Å². The summed E-state index contributed by atoms with van der Waals surface area (Å²) in [5.41, 5.74) is 0.305. The van der Waals surface area contributed by atoms with Gasteiger partial charge in [-0.1, -0.05) is 13.8 Å². The van der Waals surface area contributed by atoms with Crippen molar-refractivity contribution in [2.45, 2.75) is 32.4 Å². The minimum absolute atomic E-state index is 0.129. The van der Waals surface area contributed by atoms with Crippen molar-refractivity contribution in [1.29, 1.82) is 0 Å². The number of aliphatic hydroxyl groups is 1. The van der Waals surface area contributed by atoms with Crippen LogP contribution in [0.4, 0.5) is 0 Å². The minimum Gasteiger partial charge on any atom is -0.491 e. The van der Waals surface area contributed by atoms with E-state index in [9.17, 15) is 14.7 Å². The zero-order valence-electron chi connectivity index (χ0n) is 12.6. The summed E-state index contributed by atoms with van der Waals surface area (Å²) < 4.78 is 5.40. The van der Waals surface area contributed by atoms with E-state index in [2.05, 4.69) is 10.2 Å². The zero-order valence-corrected chi connectivity index (χ0v) is 12.6. The number of hydrogen-bond donors (Lipinski definition) is 3. The largest absolute Gasteiger partial charge is 0.491 e. The standard InChI is InChI=1S/C15H21NO6/c1-10(2)16-8-12(17)9-21-13-5-3-11(4-6-13)14(18)7-15(19)22-20/h3-6,10,12,16-17,20H,7-9H2,1-2H3. The molecule has 0 aromatic heterocycles. The van der Waals surface area contributed by atoms with Crippen LogP contribution >= 0.6 is 0 Å². The highest BCUT2D eigenvalue weighted by Gasteiger charge is 2.13. The first-order chi connectivity index (χ1) is 10.4.